The van der Waals surface area contributed by atoms with Gasteiger partial charge in [0.2, 0.25) is 5.71 Å². The molecule has 2 heterocycles. The van der Waals surface area contributed by atoms with Crippen LogP contribution in [0.1, 0.15) is 50.3 Å². The van der Waals surface area contributed by atoms with Crippen molar-refractivity contribution in [3.05, 3.63) is 47.9 Å². The van der Waals surface area contributed by atoms with E-state index in [4.69, 9.17) is 4.74 Å². The Kier molecular flexibility index (Phi) is 6.35. The van der Waals surface area contributed by atoms with Gasteiger partial charge in [0.1, 0.15) is 17.1 Å². The van der Waals surface area contributed by atoms with Crippen molar-refractivity contribution in [1.82, 2.24) is 14.5 Å². The van der Waals surface area contributed by atoms with E-state index in [0.29, 0.717) is 23.3 Å². The van der Waals surface area contributed by atoms with Gasteiger partial charge in [0.15, 0.2) is 5.82 Å². The molecule has 1 N–H and O–H groups in total. The van der Waals surface area contributed by atoms with Crippen molar-refractivity contribution in [3.8, 4) is 17.3 Å². The van der Waals surface area contributed by atoms with Gasteiger partial charge in [-0.25, -0.2) is 9.78 Å². The van der Waals surface area contributed by atoms with Crippen molar-refractivity contribution >= 4 is 22.7 Å². The van der Waals surface area contributed by atoms with E-state index >= 15 is 0 Å². The zero-order valence-electron chi connectivity index (χ0n) is 18.1. The molecule has 8 nitrogen and oxygen atoms in total. The van der Waals surface area contributed by atoms with E-state index in [0.717, 1.165) is 12.0 Å². The molecule has 0 aliphatic heterocycles. The normalized spacial score (nSPS) is 12.0. The first-order valence-electron chi connectivity index (χ1n) is 10.0. The third-order valence-electron chi connectivity index (χ3n) is 4.82. The maximum Gasteiger partial charge on any atom is 0.341 e. The largest absolute Gasteiger partial charge is 0.462 e. The highest BCUT2D eigenvalue weighted by Crippen LogP contribution is 2.31. The molecule has 3 rings (SSSR count). The summed E-state index contributed by atoms with van der Waals surface area (Å²) in [5.41, 5.74) is 2.32. The minimum Gasteiger partial charge on any atom is -0.462 e. The number of benzene rings is 1. The van der Waals surface area contributed by atoms with Crippen molar-refractivity contribution in [2.24, 2.45) is 10.6 Å². The van der Waals surface area contributed by atoms with Crippen molar-refractivity contribution in [3.63, 3.8) is 0 Å². The van der Waals surface area contributed by atoms with E-state index in [1.807, 2.05) is 36.4 Å². The Hall–Kier alpha value is -3.73. The lowest BCUT2D eigenvalue weighted by Gasteiger charge is -2.19. The second-order valence-electron chi connectivity index (χ2n) is 8.26. The molecule has 31 heavy (non-hydrogen) atoms. The number of hydrogen-bond acceptors (Lipinski definition) is 7. The van der Waals surface area contributed by atoms with Crippen LogP contribution in [0.3, 0.4) is 0 Å². The van der Waals surface area contributed by atoms with Gasteiger partial charge in [-0.15, -0.1) is 0 Å². The van der Waals surface area contributed by atoms with E-state index < -0.39 is 5.97 Å². The van der Waals surface area contributed by atoms with Gasteiger partial charge in [0, 0.05) is 18.3 Å². The number of ether oxygens (including phenoxy) is 1. The number of imidazole rings is 1. The van der Waals surface area contributed by atoms with Crippen molar-refractivity contribution in [2.45, 2.75) is 40.7 Å². The number of fused-ring (bicyclic) bond motifs is 1. The summed E-state index contributed by atoms with van der Waals surface area (Å²) in [5.74, 6) is -0.345. The fourth-order valence-electron chi connectivity index (χ4n) is 3.27. The maximum absolute atomic E-state index is 12.7. The quantitative estimate of drug-likeness (QED) is 0.274. The lowest BCUT2D eigenvalue weighted by atomic mass is 9.92. The smallest absolute Gasteiger partial charge is 0.341 e. The summed E-state index contributed by atoms with van der Waals surface area (Å²) in [5, 5.41) is 22.0. The van der Waals surface area contributed by atoms with Gasteiger partial charge in [-0.1, -0.05) is 56.3 Å². The summed E-state index contributed by atoms with van der Waals surface area (Å²) in [4.78, 5) is 21.8. The first-order valence-corrected chi connectivity index (χ1v) is 10.0. The molecule has 160 valence electrons. The number of esters is 1. The molecule has 0 aliphatic carbocycles. The van der Waals surface area contributed by atoms with Gasteiger partial charge in [0.05, 0.1) is 17.8 Å². The average molecular weight is 419 g/mol. The number of rotatable bonds is 6. The topological polar surface area (TPSA) is 113 Å². The van der Waals surface area contributed by atoms with Crippen LogP contribution >= 0.6 is 0 Å². The number of aromatic nitrogens is 3. The highest BCUT2D eigenvalue weighted by Gasteiger charge is 2.26. The van der Waals surface area contributed by atoms with Crippen molar-refractivity contribution < 1.29 is 14.7 Å². The fraction of sp³-hybridized carbons (Fsp3) is 0.348. The molecule has 0 aliphatic rings. The Morgan fingerprint density at radius 2 is 2.00 bits per heavy atom. The fourth-order valence-corrected chi connectivity index (χ4v) is 3.27. The molecule has 8 heteroatoms. The Bertz CT molecular complexity index is 1170. The average Bonchev–Trinajstić information content (AvgIpc) is 3.12. The first kappa shape index (κ1) is 22.0. The Balaban J connectivity index is 2.38. The highest BCUT2D eigenvalue weighted by molar-refractivity contribution is 6.13. The Morgan fingerprint density at radius 1 is 1.29 bits per heavy atom. The molecule has 2 aromatic heterocycles. The van der Waals surface area contributed by atoms with E-state index in [1.165, 1.54) is 6.20 Å². The zero-order chi connectivity index (χ0) is 22.6. The van der Waals surface area contributed by atoms with Crippen LogP contribution in [0.2, 0.25) is 0 Å². The Labute approximate surface area is 180 Å². The van der Waals surface area contributed by atoms with E-state index in [-0.39, 0.29) is 29.1 Å². The molecule has 0 radical (unpaired) electrons. The third kappa shape index (κ3) is 4.56. The molecule has 0 amide bonds. The molecular formula is C23H25N5O3. The van der Waals surface area contributed by atoms with Crippen molar-refractivity contribution in [1.29, 1.82) is 5.26 Å². The molecule has 0 saturated carbocycles. The van der Waals surface area contributed by atoms with Crippen LogP contribution in [-0.2, 0) is 11.3 Å². The number of hydrogen-bond donors (Lipinski definition) is 1. The summed E-state index contributed by atoms with van der Waals surface area (Å²) < 4.78 is 6.99. The van der Waals surface area contributed by atoms with E-state index in [1.54, 1.807) is 11.5 Å². The van der Waals surface area contributed by atoms with Crippen LogP contribution in [-0.4, -0.2) is 38.0 Å². The number of carbonyl (C=O) groups excluding carboxylic acids is 1. The zero-order valence-corrected chi connectivity index (χ0v) is 18.1. The predicted molar refractivity (Wildman–Crippen MR) is 117 cm³/mol. The van der Waals surface area contributed by atoms with Crippen LogP contribution in [0.15, 0.2) is 41.7 Å². The molecule has 0 atom stereocenters. The highest BCUT2D eigenvalue weighted by atomic mass is 16.5. The van der Waals surface area contributed by atoms with Crippen LogP contribution in [0.5, 0.6) is 0 Å². The monoisotopic (exact) mass is 419 g/mol. The van der Waals surface area contributed by atoms with Gasteiger partial charge in [-0.2, -0.15) is 5.26 Å². The number of nitrogens with zero attached hydrogens (tertiary/aromatic N) is 5. The van der Waals surface area contributed by atoms with E-state index in [2.05, 4.69) is 35.9 Å². The SMILES string of the molecule is CCOC(=O)c1cnc(-c2ccccc2)c2nc(/C(C#N)=N/O)n(CCC(C)(C)C)c12. The lowest BCUT2D eigenvalue weighted by molar-refractivity contribution is 0.0527. The standard InChI is InChI=1S/C23H25N5O3/c1-5-31-22(29)16-14-25-18(15-9-7-6-8-10-15)19-20(16)28(12-11-23(2,3)4)21(26-19)17(13-24)27-30/h6-10,14,30H,5,11-12H2,1-4H3/b27-17+. The minimum absolute atomic E-state index is 0.0175. The van der Waals surface area contributed by atoms with Crippen LogP contribution in [0, 0.1) is 16.7 Å². The first-order chi connectivity index (χ1) is 14.8. The number of aryl methyl sites for hydroxylation is 1. The third-order valence-corrected chi connectivity index (χ3v) is 4.82. The van der Waals surface area contributed by atoms with Gasteiger partial charge in [-0.3, -0.25) is 4.98 Å². The minimum atomic E-state index is -0.525. The number of pyridine rings is 1. The molecule has 0 fully saturated rings. The van der Waals surface area contributed by atoms with Gasteiger partial charge >= 0.3 is 5.97 Å². The molecule has 0 bridgehead atoms. The van der Waals surface area contributed by atoms with Crippen molar-refractivity contribution in [2.75, 3.05) is 6.61 Å². The second kappa shape index (κ2) is 8.96. The van der Waals surface area contributed by atoms with Crippen LogP contribution in [0.4, 0.5) is 0 Å². The lowest BCUT2D eigenvalue weighted by Crippen LogP contribution is -2.16. The molecule has 0 unspecified atom stereocenters. The predicted octanol–water partition coefficient (Wildman–Crippen LogP) is 4.41. The van der Waals surface area contributed by atoms with Gasteiger partial charge < -0.3 is 14.5 Å². The van der Waals surface area contributed by atoms with Crippen LogP contribution in [0.25, 0.3) is 22.3 Å². The van der Waals surface area contributed by atoms with Crippen LogP contribution < -0.4 is 0 Å². The van der Waals surface area contributed by atoms with Gasteiger partial charge in [-0.05, 0) is 18.8 Å². The molecule has 1 aromatic carbocycles. The molecule has 3 aromatic rings. The number of nitriles is 1. The molecular weight excluding hydrogens is 394 g/mol. The number of carbonyl (C=O) groups is 1. The molecule has 0 saturated heterocycles. The Morgan fingerprint density at radius 3 is 2.58 bits per heavy atom. The summed E-state index contributed by atoms with van der Waals surface area (Å²) in [6, 6.07) is 11.3. The summed E-state index contributed by atoms with van der Waals surface area (Å²) in [6.45, 7) is 8.70. The van der Waals surface area contributed by atoms with Gasteiger partial charge in [0.25, 0.3) is 0 Å². The summed E-state index contributed by atoms with van der Waals surface area (Å²) >= 11 is 0. The summed E-state index contributed by atoms with van der Waals surface area (Å²) in [7, 11) is 0. The molecule has 0 spiro atoms. The maximum atomic E-state index is 12.7. The second-order valence-corrected chi connectivity index (χ2v) is 8.26. The number of oxime groups is 1. The summed E-state index contributed by atoms with van der Waals surface area (Å²) in [6.07, 6.45) is 2.21. The van der Waals surface area contributed by atoms with E-state index in [9.17, 15) is 15.3 Å².